The van der Waals surface area contributed by atoms with Gasteiger partial charge in [-0.3, -0.25) is 29.6 Å². The Hall–Kier alpha value is -6.29. The fraction of sp³-hybridized carbons (Fsp3) is 0.386. The Bertz CT molecular complexity index is 2600. The number of nitrogens with one attached hydrogen (secondary N) is 3. The molecule has 4 fully saturated rings. The third kappa shape index (κ3) is 7.25. The molecule has 1 spiro atoms. The zero-order chi connectivity index (χ0) is 42.0. The molecule has 3 aliphatic heterocycles. The number of anilines is 4. The molecule has 3 N–H and O–H groups in total. The molecule has 2 aromatic carbocycles. The van der Waals surface area contributed by atoms with E-state index in [1.54, 1.807) is 31.4 Å². The molecule has 2 saturated carbocycles. The van der Waals surface area contributed by atoms with Crippen molar-refractivity contribution in [2.24, 2.45) is 5.41 Å². The van der Waals surface area contributed by atoms with Crippen molar-refractivity contribution in [2.75, 3.05) is 48.3 Å². The van der Waals surface area contributed by atoms with E-state index in [-0.39, 0.29) is 42.0 Å². The van der Waals surface area contributed by atoms with E-state index in [1.807, 2.05) is 29.2 Å². The third-order valence-electron chi connectivity index (χ3n) is 12.9. The Morgan fingerprint density at radius 1 is 0.951 bits per heavy atom. The lowest BCUT2D eigenvalue weighted by atomic mass is 9.77. The Morgan fingerprint density at radius 3 is 2.52 bits per heavy atom. The largest absolute Gasteiger partial charge is 0.489 e. The number of fused-ring (bicyclic) bond motifs is 2. The summed E-state index contributed by atoms with van der Waals surface area (Å²) in [4.78, 5) is 65.5. The molecule has 0 radical (unpaired) electrons. The van der Waals surface area contributed by atoms with Crippen LogP contribution in [0.2, 0.25) is 5.02 Å². The maximum atomic E-state index is 13.6. The lowest BCUT2D eigenvalue weighted by Gasteiger charge is -2.39. The number of halogens is 2. The first-order valence-corrected chi connectivity index (χ1v) is 21.2. The molecule has 5 aromatic rings. The highest BCUT2D eigenvalue weighted by atomic mass is 35.5. The van der Waals surface area contributed by atoms with Crippen LogP contribution in [-0.4, -0.2) is 99.8 Å². The molecule has 2 aliphatic carbocycles. The summed E-state index contributed by atoms with van der Waals surface area (Å²) in [6.07, 6.45) is 8.17. The number of aromatic nitrogens is 4. The van der Waals surface area contributed by atoms with Gasteiger partial charge < -0.3 is 25.2 Å². The molecule has 3 atom stereocenters. The van der Waals surface area contributed by atoms with Crippen LogP contribution >= 0.6 is 11.6 Å². The normalized spacial score (nSPS) is 21.8. The summed E-state index contributed by atoms with van der Waals surface area (Å²) in [7, 11) is 1.80. The number of nitrogens with zero attached hydrogens (tertiary/aromatic N) is 7. The van der Waals surface area contributed by atoms with Gasteiger partial charge in [0.25, 0.3) is 11.8 Å². The van der Waals surface area contributed by atoms with Crippen LogP contribution in [0.4, 0.5) is 32.1 Å². The van der Waals surface area contributed by atoms with Gasteiger partial charge in [-0.15, -0.1) is 5.10 Å². The molecule has 6 heterocycles. The highest BCUT2D eigenvalue weighted by Crippen LogP contribution is 2.48. The van der Waals surface area contributed by atoms with Gasteiger partial charge in [-0.2, -0.15) is 0 Å². The Kier molecular flexibility index (Phi) is 9.76. The summed E-state index contributed by atoms with van der Waals surface area (Å²) >= 11 is 6.43. The average Bonchev–Trinajstić information content (AvgIpc) is 3.61. The van der Waals surface area contributed by atoms with E-state index >= 15 is 0 Å². The van der Waals surface area contributed by atoms with Crippen LogP contribution in [0.3, 0.4) is 0 Å². The van der Waals surface area contributed by atoms with Gasteiger partial charge in [-0.25, -0.2) is 18.7 Å². The standard InChI is InChI=1S/C44H44ClFN10O5/c1-47-34-21-38(52-56-37(24-49-40(34)56)41(58)50-33-20-31(33)46)54-15-10-29-28(3-2-4-35(29)54)32-8-6-27(23-48-32)61-26-9-12-44(22-26)13-17-53(18-14-44)42(59)25-5-7-30(45)36(19-25)55-16-11-39(57)51-43(55)60/h2-8,19,21,23-24,26,31,33,47H,9-18,20,22H2,1H3,(H,50,58)(H,51,57,60)/t26?,31-,33+/m0/s1. The highest BCUT2D eigenvalue weighted by molar-refractivity contribution is 6.34. The first kappa shape index (κ1) is 38.9. The summed E-state index contributed by atoms with van der Waals surface area (Å²) in [6, 6.07) is 16.0. The first-order valence-electron chi connectivity index (χ1n) is 20.8. The van der Waals surface area contributed by atoms with Gasteiger partial charge >= 0.3 is 6.03 Å². The van der Waals surface area contributed by atoms with Crippen LogP contribution < -0.4 is 30.5 Å². The third-order valence-corrected chi connectivity index (χ3v) is 13.2. The molecule has 5 aliphatic rings. The molecule has 314 valence electrons. The zero-order valence-electron chi connectivity index (χ0n) is 33.5. The first-order chi connectivity index (χ1) is 29.6. The van der Waals surface area contributed by atoms with Crippen LogP contribution in [0.5, 0.6) is 5.75 Å². The lowest BCUT2D eigenvalue weighted by molar-refractivity contribution is -0.120. The molecule has 0 bridgehead atoms. The van der Waals surface area contributed by atoms with Crippen molar-refractivity contribution in [2.45, 2.75) is 69.7 Å². The number of pyridine rings is 1. The molecule has 15 nitrogen and oxygen atoms in total. The summed E-state index contributed by atoms with van der Waals surface area (Å²) in [5.41, 5.74) is 6.46. The van der Waals surface area contributed by atoms with Crippen molar-refractivity contribution in [3.63, 3.8) is 0 Å². The Morgan fingerprint density at radius 2 is 1.77 bits per heavy atom. The van der Waals surface area contributed by atoms with Crippen molar-refractivity contribution in [3.05, 3.63) is 88.8 Å². The van der Waals surface area contributed by atoms with E-state index in [0.717, 1.165) is 66.8 Å². The lowest BCUT2D eigenvalue weighted by Crippen LogP contribution is -2.49. The molecule has 5 amide bonds. The van der Waals surface area contributed by atoms with Crippen LogP contribution in [0.1, 0.15) is 71.4 Å². The van der Waals surface area contributed by atoms with E-state index in [9.17, 15) is 23.6 Å². The number of benzene rings is 2. The molecular weight excluding hydrogens is 803 g/mol. The fourth-order valence-corrected chi connectivity index (χ4v) is 9.64. The average molecular weight is 847 g/mol. The molecule has 61 heavy (non-hydrogen) atoms. The molecule has 17 heteroatoms. The number of imidazole rings is 1. The second-order valence-electron chi connectivity index (χ2n) is 16.7. The monoisotopic (exact) mass is 846 g/mol. The summed E-state index contributed by atoms with van der Waals surface area (Å²) in [5.74, 6) is 0.526. The van der Waals surface area contributed by atoms with E-state index < -0.39 is 24.2 Å². The smallest absolute Gasteiger partial charge is 0.328 e. The quantitative estimate of drug-likeness (QED) is 0.153. The van der Waals surface area contributed by atoms with Gasteiger partial charge in [0.2, 0.25) is 5.91 Å². The number of imide groups is 1. The van der Waals surface area contributed by atoms with Crippen LogP contribution in [0.15, 0.2) is 67.0 Å². The number of piperidine rings is 1. The molecule has 3 aromatic heterocycles. The highest BCUT2D eigenvalue weighted by Gasteiger charge is 2.43. The van der Waals surface area contributed by atoms with Gasteiger partial charge in [0.15, 0.2) is 17.2 Å². The maximum absolute atomic E-state index is 13.6. The van der Waals surface area contributed by atoms with Crippen molar-refractivity contribution in [1.82, 2.24) is 35.1 Å². The number of carbonyl (C=O) groups excluding carboxylic acids is 4. The number of likely N-dealkylation sites (tertiary alicyclic amines) is 1. The van der Waals surface area contributed by atoms with E-state index in [1.165, 1.54) is 15.6 Å². The van der Waals surface area contributed by atoms with Crippen LogP contribution in [-0.2, 0) is 11.2 Å². The van der Waals surface area contributed by atoms with Gasteiger partial charge in [-0.05, 0) is 85.9 Å². The number of ether oxygens (including phenoxy) is 1. The minimum Gasteiger partial charge on any atom is -0.489 e. The van der Waals surface area contributed by atoms with E-state index in [0.29, 0.717) is 59.5 Å². The number of alkyl halides is 1. The second kappa shape index (κ2) is 15.3. The number of hydrogen-bond acceptors (Lipinski definition) is 10. The Balaban J connectivity index is 0.779. The number of amides is 5. The number of hydrogen-bond donors (Lipinski definition) is 3. The molecular formula is C44H44ClFN10O5. The summed E-state index contributed by atoms with van der Waals surface area (Å²) in [6.45, 7) is 2.13. The van der Waals surface area contributed by atoms with Gasteiger partial charge in [-0.1, -0.05) is 23.7 Å². The SMILES string of the molecule is CNc1cc(N2CCc3c(-c4ccc(OC5CCC6(CCN(C(=O)c7ccc(Cl)c(N8CCC(=O)NC8=O)c7)CC6)C5)cn4)cccc32)nn2c(C(=O)N[C@@H]3C[C@@H]3F)cnc12. The number of rotatable bonds is 9. The van der Waals surface area contributed by atoms with Crippen molar-refractivity contribution < 1.29 is 28.3 Å². The van der Waals surface area contributed by atoms with Crippen molar-refractivity contribution in [1.29, 1.82) is 0 Å². The summed E-state index contributed by atoms with van der Waals surface area (Å²) < 4.78 is 21.6. The molecule has 10 rings (SSSR count). The second-order valence-corrected chi connectivity index (χ2v) is 17.1. The predicted molar refractivity (Wildman–Crippen MR) is 226 cm³/mol. The Labute approximate surface area is 355 Å². The topological polar surface area (TPSA) is 166 Å². The van der Waals surface area contributed by atoms with Gasteiger partial charge in [0, 0.05) is 68.9 Å². The van der Waals surface area contributed by atoms with Gasteiger partial charge in [0.1, 0.15) is 11.9 Å². The van der Waals surface area contributed by atoms with Crippen molar-refractivity contribution >= 4 is 63.9 Å². The fourth-order valence-electron chi connectivity index (χ4n) is 9.42. The number of urea groups is 1. The van der Waals surface area contributed by atoms with E-state index in [2.05, 4.69) is 38.0 Å². The summed E-state index contributed by atoms with van der Waals surface area (Å²) in [5, 5.41) is 13.4. The van der Waals surface area contributed by atoms with Crippen molar-refractivity contribution in [3.8, 4) is 17.0 Å². The van der Waals surface area contributed by atoms with Crippen LogP contribution in [0, 0.1) is 5.41 Å². The minimum atomic E-state index is -1.02. The van der Waals surface area contributed by atoms with Crippen LogP contribution in [0.25, 0.3) is 16.9 Å². The number of carbonyl (C=O) groups is 4. The maximum Gasteiger partial charge on any atom is 0.328 e. The zero-order valence-corrected chi connectivity index (χ0v) is 34.3. The van der Waals surface area contributed by atoms with Gasteiger partial charge in [0.05, 0.1) is 46.6 Å². The van der Waals surface area contributed by atoms with E-state index in [4.69, 9.17) is 26.4 Å². The molecule has 1 unspecified atom stereocenters. The molecule has 2 saturated heterocycles. The predicted octanol–water partition coefficient (Wildman–Crippen LogP) is 6.32. The minimum absolute atomic E-state index is 0.0505.